The van der Waals surface area contributed by atoms with Crippen molar-refractivity contribution in [1.82, 2.24) is 0 Å². The van der Waals surface area contributed by atoms with E-state index >= 15 is 0 Å². The SMILES string of the molecule is CC(C)CCO[C@@H](C)[C@H]1CC[C@H]2[C@@H]3CC=C4C[C@@H](OC5CCCCO5)CC[C@]4(C)[C@H]3CC[C@]12C. The highest BCUT2D eigenvalue weighted by Gasteiger charge is 2.59. The van der Waals surface area contributed by atoms with E-state index in [1.54, 1.807) is 5.57 Å². The molecular formula is C31H52O3. The highest BCUT2D eigenvalue weighted by atomic mass is 16.7. The van der Waals surface area contributed by atoms with Gasteiger partial charge in [-0.3, -0.25) is 0 Å². The predicted octanol–water partition coefficient (Wildman–Crippen LogP) is 7.93. The van der Waals surface area contributed by atoms with E-state index < -0.39 is 0 Å². The molecule has 1 unspecified atom stereocenters. The van der Waals surface area contributed by atoms with Gasteiger partial charge in [-0.1, -0.05) is 39.3 Å². The Morgan fingerprint density at radius 3 is 2.62 bits per heavy atom. The van der Waals surface area contributed by atoms with Gasteiger partial charge in [-0.2, -0.15) is 0 Å². The van der Waals surface area contributed by atoms with Gasteiger partial charge in [-0.05, 0) is 124 Å². The molecule has 4 fully saturated rings. The molecule has 194 valence electrons. The monoisotopic (exact) mass is 472 g/mol. The van der Waals surface area contributed by atoms with Gasteiger partial charge < -0.3 is 14.2 Å². The summed E-state index contributed by atoms with van der Waals surface area (Å²) in [7, 11) is 0. The quantitative estimate of drug-likeness (QED) is 0.352. The molecule has 34 heavy (non-hydrogen) atoms. The van der Waals surface area contributed by atoms with Crippen LogP contribution < -0.4 is 0 Å². The number of rotatable bonds is 7. The molecule has 0 spiro atoms. The molecule has 5 rings (SSSR count). The van der Waals surface area contributed by atoms with Gasteiger partial charge in [-0.15, -0.1) is 0 Å². The van der Waals surface area contributed by atoms with Crippen LogP contribution >= 0.6 is 0 Å². The summed E-state index contributed by atoms with van der Waals surface area (Å²) in [4.78, 5) is 0. The zero-order chi connectivity index (χ0) is 23.9. The Balaban J connectivity index is 1.24. The second-order valence-electron chi connectivity index (χ2n) is 13.5. The van der Waals surface area contributed by atoms with Crippen LogP contribution in [0.1, 0.15) is 112 Å². The molecule has 1 heterocycles. The van der Waals surface area contributed by atoms with Crippen molar-refractivity contribution in [2.45, 2.75) is 130 Å². The first-order chi connectivity index (χ1) is 16.3. The van der Waals surface area contributed by atoms with Crippen molar-refractivity contribution in [3.8, 4) is 0 Å². The van der Waals surface area contributed by atoms with Crippen molar-refractivity contribution < 1.29 is 14.2 Å². The number of hydrogen-bond donors (Lipinski definition) is 0. The molecule has 0 bridgehead atoms. The molecule has 3 nitrogen and oxygen atoms in total. The van der Waals surface area contributed by atoms with Crippen LogP contribution in [-0.4, -0.2) is 31.7 Å². The van der Waals surface area contributed by atoms with Gasteiger partial charge >= 0.3 is 0 Å². The molecule has 3 heteroatoms. The van der Waals surface area contributed by atoms with Crippen LogP contribution in [0.3, 0.4) is 0 Å². The zero-order valence-electron chi connectivity index (χ0n) is 22.8. The minimum absolute atomic E-state index is 0.0515. The van der Waals surface area contributed by atoms with E-state index in [-0.39, 0.29) is 6.29 Å². The van der Waals surface area contributed by atoms with E-state index in [2.05, 4.69) is 40.7 Å². The lowest BCUT2D eigenvalue weighted by atomic mass is 9.47. The van der Waals surface area contributed by atoms with E-state index in [9.17, 15) is 0 Å². The Labute approximate surface area is 209 Å². The summed E-state index contributed by atoms with van der Waals surface area (Å²) < 4.78 is 18.8. The summed E-state index contributed by atoms with van der Waals surface area (Å²) in [6.07, 6.45) is 18.8. The first kappa shape index (κ1) is 25.3. The van der Waals surface area contributed by atoms with Gasteiger partial charge in [0.25, 0.3) is 0 Å². The van der Waals surface area contributed by atoms with E-state index in [1.807, 2.05) is 0 Å². The fraction of sp³-hybridized carbons (Fsp3) is 0.935. The molecule has 9 atom stereocenters. The second kappa shape index (κ2) is 10.2. The van der Waals surface area contributed by atoms with Crippen molar-refractivity contribution in [3.05, 3.63) is 11.6 Å². The van der Waals surface area contributed by atoms with Gasteiger partial charge in [0, 0.05) is 13.2 Å². The van der Waals surface area contributed by atoms with E-state index in [0.717, 1.165) is 55.6 Å². The van der Waals surface area contributed by atoms with E-state index in [0.29, 0.717) is 23.0 Å². The molecule has 4 aliphatic carbocycles. The molecule has 0 aromatic heterocycles. The van der Waals surface area contributed by atoms with Crippen molar-refractivity contribution in [2.75, 3.05) is 13.2 Å². The maximum Gasteiger partial charge on any atom is 0.157 e. The second-order valence-corrected chi connectivity index (χ2v) is 13.5. The van der Waals surface area contributed by atoms with Crippen molar-refractivity contribution >= 4 is 0 Å². The molecule has 0 N–H and O–H groups in total. The minimum Gasteiger partial charge on any atom is -0.378 e. The molecule has 0 amide bonds. The lowest BCUT2D eigenvalue weighted by molar-refractivity contribution is -0.195. The lowest BCUT2D eigenvalue weighted by Gasteiger charge is -2.58. The summed E-state index contributed by atoms with van der Waals surface area (Å²) in [6, 6.07) is 0. The van der Waals surface area contributed by atoms with Gasteiger partial charge in [0.05, 0.1) is 12.2 Å². The van der Waals surface area contributed by atoms with Crippen LogP contribution in [0.4, 0.5) is 0 Å². The van der Waals surface area contributed by atoms with Gasteiger partial charge in [-0.25, -0.2) is 0 Å². The third-order valence-corrected chi connectivity index (χ3v) is 11.3. The highest BCUT2D eigenvalue weighted by Crippen LogP contribution is 2.66. The number of ether oxygens (including phenoxy) is 3. The highest BCUT2D eigenvalue weighted by molar-refractivity contribution is 5.25. The van der Waals surface area contributed by atoms with Gasteiger partial charge in [0.2, 0.25) is 0 Å². The van der Waals surface area contributed by atoms with Crippen LogP contribution in [0.5, 0.6) is 0 Å². The van der Waals surface area contributed by atoms with Gasteiger partial charge in [0.15, 0.2) is 6.29 Å². The molecular weight excluding hydrogens is 420 g/mol. The lowest BCUT2D eigenvalue weighted by Crippen LogP contribution is -2.51. The van der Waals surface area contributed by atoms with Crippen LogP contribution in [0.2, 0.25) is 0 Å². The van der Waals surface area contributed by atoms with Crippen molar-refractivity contribution in [1.29, 1.82) is 0 Å². The van der Waals surface area contributed by atoms with Crippen LogP contribution in [0.25, 0.3) is 0 Å². The maximum atomic E-state index is 6.46. The summed E-state index contributed by atoms with van der Waals surface area (Å²) in [6.45, 7) is 14.1. The van der Waals surface area contributed by atoms with Crippen LogP contribution in [-0.2, 0) is 14.2 Å². The summed E-state index contributed by atoms with van der Waals surface area (Å²) >= 11 is 0. The number of hydrogen-bond acceptors (Lipinski definition) is 3. The summed E-state index contributed by atoms with van der Waals surface area (Å²) in [5, 5.41) is 0. The third-order valence-electron chi connectivity index (χ3n) is 11.3. The van der Waals surface area contributed by atoms with Crippen LogP contribution in [0, 0.1) is 40.4 Å². The topological polar surface area (TPSA) is 27.7 Å². The van der Waals surface area contributed by atoms with Crippen molar-refractivity contribution in [2.24, 2.45) is 40.4 Å². The summed E-state index contributed by atoms with van der Waals surface area (Å²) in [5.74, 6) is 4.09. The largest absolute Gasteiger partial charge is 0.378 e. The average molecular weight is 473 g/mol. The normalized spacial score (nSPS) is 45.3. The molecule has 0 aromatic carbocycles. The summed E-state index contributed by atoms with van der Waals surface area (Å²) in [5.41, 5.74) is 2.60. The number of fused-ring (bicyclic) bond motifs is 5. The first-order valence-electron chi connectivity index (χ1n) is 14.9. The Kier molecular flexibility index (Phi) is 7.56. The Morgan fingerprint density at radius 1 is 1.00 bits per heavy atom. The number of allylic oxidation sites excluding steroid dienone is 1. The van der Waals surface area contributed by atoms with E-state index in [1.165, 1.54) is 64.2 Å². The van der Waals surface area contributed by atoms with Crippen LogP contribution in [0.15, 0.2) is 11.6 Å². The molecule has 5 aliphatic rings. The Hall–Kier alpha value is -0.380. The standard InChI is InChI=1S/C31H52O3/c1-21(2)15-19-32-22(3)26-11-12-27-25-10-9-23-20-24(34-29-8-6-7-18-33-29)13-16-30(23,4)28(25)14-17-31(26,27)5/h9,21-22,24-29H,6-8,10-20H2,1-5H3/t22-,24-,25-,26+,27-,28-,29?,30-,31+/m0/s1. The van der Waals surface area contributed by atoms with Gasteiger partial charge in [0.1, 0.15) is 0 Å². The Bertz CT molecular complexity index is 724. The molecule has 1 saturated heterocycles. The van der Waals surface area contributed by atoms with E-state index in [4.69, 9.17) is 14.2 Å². The smallest absolute Gasteiger partial charge is 0.157 e. The minimum atomic E-state index is 0.0515. The maximum absolute atomic E-state index is 6.46. The fourth-order valence-electron chi connectivity index (χ4n) is 9.19. The third kappa shape index (κ3) is 4.68. The molecule has 1 aliphatic heterocycles. The first-order valence-corrected chi connectivity index (χ1v) is 14.9. The average Bonchev–Trinajstić information content (AvgIpc) is 3.17. The van der Waals surface area contributed by atoms with Crippen molar-refractivity contribution in [3.63, 3.8) is 0 Å². The molecule has 0 radical (unpaired) electrons. The Morgan fingerprint density at radius 2 is 1.85 bits per heavy atom. The zero-order valence-corrected chi connectivity index (χ0v) is 22.8. The predicted molar refractivity (Wildman–Crippen MR) is 139 cm³/mol. The fourth-order valence-corrected chi connectivity index (χ4v) is 9.19. The molecule has 0 aromatic rings. The molecule has 3 saturated carbocycles.